The van der Waals surface area contributed by atoms with Gasteiger partial charge < -0.3 is 15.3 Å². The van der Waals surface area contributed by atoms with E-state index in [0.717, 1.165) is 21.3 Å². The lowest BCUT2D eigenvalue weighted by Gasteiger charge is -2.34. The topological polar surface area (TPSA) is 52.6 Å². The number of halogens is 1. The van der Waals surface area contributed by atoms with Crippen molar-refractivity contribution in [3.63, 3.8) is 0 Å². The van der Waals surface area contributed by atoms with Crippen molar-refractivity contribution in [1.82, 2.24) is 4.90 Å². The molecule has 0 aromatic heterocycles. The lowest BCUT2D eigenvalue weighted by molar-refractivity contribution is 0.0506. The van der Waals surface area contributed by atoms with Crippen LogP contribution in [0.1, 0.15) is 24.5 Å². The molecule has 1 aliphatic rings. The van der Waals surface area contributed by atoms with E-state index in [-0.39, 0.29) is 18.1 Å². The highest BCUT2D eigenvalue weighted by Crippen LogP contribution is 2.25. The van der Waals surface area contributed by atoms with Gasteiger partial charge in [-0.3, -0.25) is 0 Å². The first-order chi connectivity index (χ1) is 9.38. The Bertz CT molecular complexity index is 496. The number of carbonyl (C=O) groups is 1. The van der Waals surface area contributed by atoms with Crippen molar-refractivity contribution in [1.29, 1.82) is 0 Å². The maximum Gasteiger partial charge on any atom is 0.321 e. The molecule has 110 valence electrons. The molecule has 1 aliphatic heterocycles. The number of benzene rings is 1. The summed E-state index contributed by atoms with van der Waals surface area (Å²) in [5.41, 5.74) is 3.01. The van der Waals surface area contributed by atoms with Crippen LogP contribution >= 0.6 is 15.9 Å². The Labute approximate surface area is 128 Å². The number of urea groups is 1. The molecule has 0 bridgehead atoms. The maximum absolute atomic E-state index is 12.2. The van der Waals surface area contributed by atoms with Gasteiger partial charge in [0.15, 0.2) is 0 Å². The van der Waals surface area contributed by atoms with Crippen LogP contribution in [-0.4, -0.2) is 35.2 Å². The molecule has 1 fully saturated rings. The fourth-order valence-electron chi connectivity index (χ4n) is 2.54. The number of hydrogen-bond acceptors (Lipinski definition) is 2. The van der Waals surface area contributed by atoms with Gasteiger partial charge in [0, 0.05) is 23.2 Å². The quantitative estimate of drug-likeness (QED) is 0.824. The second-order valence-electron chi connectivity index (χ2n) is 5.63. The third-order valence-electron chi connectivity index (χ3n) is 3.83. The number of hydrogen-bond donors (Lipinski definition) is 2. The monoisotopic (exact) mass is 340 g/mol. The number of likely N-dealkylation sites (tertiary alicyclic amines) is 1. The van der Waals surface area contributed by atoms with Crippen LogP contribution in [0.3, 0.4) is 0 Å². The van der Waals surface area contributed by atoms with E-state index in [0.29, 0.717) is 19.5 Å². The lowest BCUT2D eigenvalue weighted by Crippen LogP contribution is -2.46. The third kappa shape index (κ3) is 3.33. The fourth-order valence-corrected chi connectivity index (χ4v) is 2.77. The van der Waals surface area contributed by atoms with E-state index < -0.39 is 0 Å². The first-order valence-corrected chi connectivity index (χ1v) is 7.68. The predicted molar refractivity (Wildman–Crippen MR) is 84.0 cm³/mol. The standard InChI is InChI=1S/C15H21BrN2O2/c1-9-6-12(7-10(2)14(9)16)17-15(20)18-5-4-13(19)11(3)8-18/h6-7,11,13,19H,4-5,8H2,1-3H3,(H,17,20). The molecule has 2 unspecified atom stereocenters. The van der Waals surface area contributed by atoms with Crippen molar-refractivity contribution in [2.45, 2.75) is 33.3 Å². The Morgan fingerprint density at radius 2 is 2.00 bits per heavy atom. The summed E-state index contributed by atoms with van der Waals surface area (Å²) in [6, 6.07) is 3.82. The number of aliphatic hydroxyl groups is 1. The highest BCUT2D eigenvalue weighted by molar-refractivity contribution is 9.10. The molecule has 20 heavy (non-hydrogen) atoms. The molecule has 0 radical (unpaired) electrons. The van der Waals surface area contributed by atoms with E-state index in [1.165, 1.54) is 0 Å². The van der Waals surface area contributed by atoms with E-state index in [1.54, 1.807) is 4.90 Å². The van der Waals surface area contributed by atoms with Crippen molar-refractivity contribution in [2.24, 2.45) is 5.92 Å². The molecule has 0 saturated carbocycles. The molecular weight excluding hydrogens is 320 g/mol. The van der Waals surface area contributed by atoms with Crippen LogP contribution in [0.15, 0.2) is 16.6 Å². The first kappa shape index (κ1) is 15.3. The van der Waals surface area contributed by atoms with E-state index in [4.69, 9.17) is 0 Å². The van der Waals surface area contributed by atoms with Gasteiger partial charge in [0.05, 0.1) is 6.10 Å². The van der Waals surface area contributed by atoms with Crippen LogP contribution < -0.4 is 5.32 Å². The Morgan fingerprint density at radius 3 is 2.55 bits per heavy atom. The number of nitrogens with one attached hydrogen (secondary N) is 1. The molecule has 2 amide bonds. The van der Waals surface area contributed by atoms with E-state index in [1.807, 2.05) is 32.9 Å². The zero-order valence-electron chi connectivity index (χ0n) is 12.1. The predicted octanol–water partition coefficient (Wildman–Crippen LogP) is 3.30. The molecular formula is C15H21BrN2O2. The van der Waals surface area contributed by atoms with Gasteiger partial charge in [-0.25, -0.2) is 4.79 Å². The van der Waals surface area contributed by atoms with Crippen molar-refractivity contribution in [2.75, 3.05) is 18.4 Å². The van der Waals surface area contributed by atoms with E-state index in [2.05, 4.69) is 21.2 Å². The largest absolute Gasteiger partial charge is 0.393 e. The molecule has 1 aromatic rings. The summed E-state index contributed by atoms with van der Waals surface area (Å²) in [7, 11) is 0. The number of carbonyl (C=O) groups excluding carboxylic acids is 1. The normalized spacial score (nSPS) is 22.8. The molecule has 1 heterocycles. The highest BCUT2D eigenvalue weighted by Gasteiger charge is 2.27. The van der Waals surface area contributed by atoms with Gasteiger partial charge in [-0.1, -0.05) is 22.9 Å². The third-order valence-corrected chi connectivity index (χ3v) is 5.09. The minimum absolute atomic E-state index is 0.0927. The summed E-state index contributed by atoms with van der Waals surface area (Å²) in [6.07, 6.45) is 0.351. The minimum atomic E-state index is -0.295. The van der Waals surface area contributed by atoms with Crippen molar-refractivity contribution in [3.05, 3.63) is 27.7 Å². The Morgan fingerprint density at radius 1 is 1.40 bits per heavy atom. The molecule has 1 aromatic carbocycles. The molecule has 0 spiro atoms. The first-order valence-electron chi connectivity index (χ1n) is 6.89. The summed E-state index contributed by atoms with van der Waals surface area (Å²) in [4.78, 5) is 14.0. The second-order valence-corrected chi connectivity index (χ2v) is 6.43. The molecule has 4 nitrogen and oxygen atoms in total. The zero-order chi connectivity index (χ0) is 14.9. The van der Waals surface area contributed by atoms with Crippen LogP contribution in [-0.2, 0) is 0 Å². The molecule has 2 atom stereocenters. The van der Waals surface area contributed by atoms with Crippen LogP contribution in [0.5, 0.6) is 0 Å². The van der Waals surface area contributed by atoms with Crippen LogP contribution in [0.4, 0.5) is 10.5 Å². The van der Waals surface area contributed by atoms with Crippen LogP contribution in [0, 0.1) is 19.8 Å². The number of rotatable bonds is 1. The fraction of sp³-hybridized carbons (Fsp3) is 0.533. The summed E-state index contributed by atoms with van der Waals surface area (Å²) < 4.78 is 1.07. The average molecular weight is 341 g/mol. The van der Waals surface area contributed by atoms with Gasteiger partial charge in [0.25, 0.3) is 0 Å². The van der Waals surface area contributed by atoms with Gasteiger partial charge in [0.1, 0.15) is 0 Å². The van der Waals surface area contributed by atoms with E-state index in [9.17, 15) is 9.90 Å². The van der Waals surface area contributed by atoms with Crippen molar-refractivity contribution >= 4 is 27.6 Å². The summed E-state index contributed by atoms with van der Waals surface area (Å²) in [5.74, 6) is 0.128. The Hall–Kier alpha value is -1.07. The number of amides is 2. The Kier molecular flexibility index (Phi) is 4.70. The van der Waals surface area contributed by atoms with Gasteiger partial charge >= 0.3 is 6.03 Å². The smallest absolute Gasteiger partial charge is 0.321 e. The zero-order valence-corrected chi connectivity index (χ0v) is 13.7. The van der Waals surface area contributed by atoms with Gasteiger partial charge in [-0.15, -0.1) is 0 Å². The maximum atomic E-state index is 12.2. The van der Waals surface area contributed by atoms with Gasteiger partial charge in [-0.05, 0) is 49.4 Å². The van der Waals surface area contributed by atoms with Crippen molar-refractivity contribution < 1.29 is 9.90 Å². The highest BCUT2D eigenvalue weighted by atomic mass is 79.9. The number of anilines is 1. The number of aliphatic hydroxyl groups excluding tert-OH is 1. The number of piperidine rings is 1. The molecule has 2 rings (SSSR count). The van der Waals surface area contributed by atoms with Crippen LogP contribution in [0.25, 0.3) is 0 Å². The van der Waals surface area contributed by atoms with Crippen LogP contribution in [0.2, 0.25) is 0 Å². The average Bonchev–Trinajstić information content (AvgIpc) is 2.39. The second kappa shape index (κ2) is 6.14. The Balaban J connectivity index is 2.05. The SMILES string of the molecule is Cc1cc(NC(=O)N2CCC(O)C(C)C2)cc(C)c1Br. The molecule has 1 saturated heterocycles. The number of nitrogens with zero attached hydrogens (tertiary/aromatic N) is 1. The van der Waals surface area contributed by atoms with E-state index >= 15 is 0 Å². The minimum Gasteiger partial charge on any atom is -0.393 e. The number of aryl methyl sites for hydroxylation is 2. The molecule has 0 aliphatic carbocycles. The van der Waals surface area contributed by atoms with Gasteiger partial charge in [0.2, 0.25) is 0 Å². The summed E-state index contributed by atoms with van der Waals surface area (Å²) >= 11 is 3.52. The summed E-state index contributed by atoms with van der Waals surface area (Å²) in [6.45, 7) is 7.18. The summed E-state index contributed by atoms with van der Waals surface area (Å²) in [5, 5.41) is 12.6. The lowest BCUT2D eigenvalue weighted by atomic mass is 9.97. The molecule has 5 heteroatoms. The van der Waals surface area contributed by atoms with Crippen molar-refractivity contribution in [3.8, 4) is 0 Å². The molecule has 2 N–H and O–H groups in total. The van der Waals surface area contributed by atoms with Gasteiger partial charge in [-0.2, -0.15) is 0 Å².